The van der Waals surface area contributed by atoms with Crippen LogP contribution in [0, 0.1) is 11.3 Å². The van der Waals surface area contributed by atoms with Crippen molar-refractivity contribution in [1.82, 2.24) is 4.98 Å². The molecule has 0 aliphatic carbocycles. The van der Waals surface area contributed by atoms with Crippen molar-refractivity contribution in [3.63, 3.8) is 0 Å². The number of nitrogens with zero attached hydrogens (tertiary/aromatic N) is 2. The zero-order chi connectivity index (χ0) is 8.97. The Morgan fingerprint density at radius 2 is 2.42 bits per heavy atom. The first-order chi connectivity index (χ1) is 5.74. The summed E-state index contributed by atoms with van der Waals surface area (Å²) in [6.45, 7) is 0. The quantitative estimate of drug-likeness (QED) is 0.586. The van der Waals surface area contributed by atoms with E-state index < -0.39 is 0 Å². The Bertz CT molecular complexity index is 291. The van der Waals surface area contributed by atoms with Gasteiger partial charge in [-0.25, -0.2) is 4.98 Å². The van der Waals surface area contributed by atoms with Crippen LogP contribution >= 0.6 is 24.2 Å². The summed E-state index contributed by atoms with van der Waals surface area (Å²) < 4.78 is 0. The second kappa shape index (κ2) is 4.34. The van der Waals surface area contributed by atoms with E-state index in [1.165, 1.54) is 0 Å². The maximum atomic E-state index is 8.41. The second-order valence-corrected chi connectivity index (χ2v) is 3.30. The Balaban J connectivity index is 2.76. The second-order valence-electron chi connectivity index (χ2n) is 2.29. The minimum absolute atomic E-state index is 0.0697. The molecule has 12 heavy (non-hydrogen) atoms. The Kier molecular flexibility index (Phi) is 3.39. The van der Waals surface area contributed by atoms with Gasteiger partial charge in [-0.05, 0) is 11.6 Å². The molecule has 0 aromatic carbocycles. The van der Waals surface area contributed by atoms with Gasteiger partial charge in [0.05, 0.1) is 12.5 Å². The van der Waals surface area contributed by atoms with Gasteiger partial charge in [-0.2, -0.15) is 17.9 Å². The molecule has 0 N–H and O–H groups in total. The van der Waals surface area contributed by atoms with Crippen molar-refractivity contribution in [3.8, 4) is 6.07 Å². The third-order valence-corrected chi connectivity index (χ3v) is 2.12. The number of pyridine rings is 1. The fraction of sp³-hybridized carbons (Fsp3) is 0.250. The number of thiol groups is 1. The van der Waals surface area contributed by atoms with Crippen LogP contribution in [0.5, 0.6) is 0 Å². The zero-order valence-electron chi connectivity index (χ0n) is 6.24. The van der Waals surface area contributed by atoms with Gasteiger partial charge in [0.15, 0.2) is 0 Å². The van der Waals surface area contributed by atoms with E-state index in [1.807, 2.05) is 12.1 Å². The molecule has 0 aliphatic heterocycles. The fourth-order valence-corrected chi connectivity index (χ4v) is 1.13. The van der Waals surface area contributed by atoms with E-state index in [-0.39, 0.29) is 5.25 Å². The number of rotatable bonds is 2. The molecule has 1 heterocycles. The smallest absolute Gasteiger partial charge is 0.129 e. The Morgan fingerprint density at radius 3 is 2.92 bits per heavy atom. The molecule has 0 saturated heterocycles. The van der Waals surface area contributed by atoms with Crippen LogP contribution in [0.2, 0.25) is 5.15 Å². The van der Waals surface area contributed by atoms with Crippen LogP contribution in [-0.4, -0.2) is 4.98 Å². The van der Waals surface area contributed by atoms with E-state index in [9.17, 15) is 0 Å². The highest BCUT2D eigenvalue weighted by Gasteiger charge is 2.05. The molecule has 1 aromatic heterocycles. The van der Waals surface area contributed by atoms with Crippen molar-refractivity contribution in [2.45, 2.75) is 11.7 Å². The van der Waals surface area contributed by atoms with E-state index in [1.54, 1.807) is 12.3 Å². The van der Waals surface area contributed by atoms with Crippen LogP contribution in [0.4, 0.5) is 0 Å². The predicted octanol–water partition coefficient (Wildman–Crippen LogP) is 2.62. The third kappa shape index (κ3) is 2.40. The van der Waals surface area contributed by atoms with Gasteiger partial charge in [0.25, 0.3) is 0 Å². The Hall–Kier alpha value is -0.720. The third-order valence-electron chi connectivity index (χ3n) is 1.42. The maximum absolute atomic E-state index is 8.41. The molecule has 0 amide bonds. The van der Waals surface area contributed by atoms with Gasteiger partial charge in [0.2, 0.25) is 0 Å². The highest BCUT2D eigenvalue weighted by Crippen LogP contribution is 2.22. The van der Waals surface area contributed by atoms with Crippen molar-refractivity contribution in [3.05, 3.63) is 29.0 Å². The average Bonchev–Trinajstić information content (AvgIpc) is 2.06. The lowest BCUT2D eigenvalue weighted by atomic mass is 10.2. The molecule has 0 radical (unpaired) electrons. The molecule has 0 fully saturated rings. The molecule has 62 valence electrons. The fourth-order valence-electron chi connectivity index (χ4n) is 0.789. The molecule has 0 aliphatic rings. The molecule has 2 nitrogen and oxygen atoms in total. The van der Waals surface area contributed by atoms with Crippen molar-refractivity contribution < 1.29 is 0 Å². The first-order valence-electron chi connectivity index (χ1n) is 3.40. The Labute approximate surface area is 81.6 Å². The van der Waals surface area contributed by atoms with Crippen LogP contribution < -0.4 is 0 Å². The summed E-state index contributed by atoms with van der Waals surface area (Å²) >= 11 is 9.82. The first kappa shape index (κ1) is 9.37. The average molecular weight is 199 g/mol. The lowest BCUT2D eigenvalue weighted by molar-refractivity contribution is 0.975. The molecule has 4 heteroatoms. The molecule has 1 aromatic rings. The van der Waals surface area contributed by atoms with Gasteiger partial charge in [-0.1, -0.05) is 17.7 Å². The van der Waals surface area contributed by atoms with Crippen LogP contribution in [0.25, 0.3) is 0 Å². The van der Waals surface area contributed by atoms with Gasteiger partial charge >= 0.3 is 0 Å². The van der Waals surface area contributed by atoms with E-state index in [4.69, 9.17) is 16.9 Å². The molecule has 1 unspecified atom stereocenters. The maximum Gasteiger partial charge on any atom is 0.129 e. The van der Waals surface area contributed by atoms with Gasteiger partial charge in [-0.15, -0.1) is 0 Å². The van der Waals surface area contributed by atoms with Crippen molar-refractivity contribution in [2.24, 2.45) is 0 Å². The summed E-state index contributed by atoms with van der Waals surface area (Å²) in [5.41, 5.74) is 0.921. The van der Waals surface area contributed by atoms with Crippen molar-refractivity contribution >= 4 is 24.2 Å². The lowest BCUT2D eigenvalue weighted by Crippen LogP contribution is -1.89. The molecule has 0 saturated carbocycles. The number of aromatic nitrogens is 1. The minimum Gasteiger partial charge on any atom is -0.244 e. The molecular formula is C8H7ClN2S. The van der Waals surface area contributed by atoms with Crippen LogP contribution in [0.1, 0.15) is 17.2 Å². The largest absolute Gasteiger partial charge is 0.244 e. The number of hydrogen-bond acceptors (Lipinski definition) is 3. The van der Waals surface area contributed by atoms with E-state index in [0.717, 1.165) is 5.56 Å². The van der Waals surface area contributed by atoms with Crippen molar-refractivity contribution in [1.29, 1.82) is 5.26 Å². The minimum atomic E-state index is -0.0697. The van der Waals surface area contributed by atoms with E-state index in [2.05, 4.69) is 17.6 Å². The molecular weight excluding hydrogens is 192 g/mol. The van der Waals surface area contributed by atoms with Crippen LogP contribution in [0.3, 0.4) is 0 Å². The van der Waals surface area contributed by atoms with Gasteiger partial charge in [0, 0.05) is 11.4 Å². The van der Waals surface area contributed by atoms with Crippen LogP contribution in [-0.2, 0) is 0 Å². The zero-order valence-corrected chi connectivity index (χ0v) is 7.89. The summed E-state index contributed by atoms with van der Waals surface area (Å²) in [4.78, 5) is 3.89. The highest BCUT2D eigenvalue weighted by atomic mass is 35.5. The highest BCUT2D eigenvalue weighted by molar-refractivity contribution is 7.80. The SMILES string of the molecule is N#CCC(S)c1ccc(Cl)nc1. The predicted molar refractivity (Wildman–Crippen MR) is 51.2 cm³/mol. The summed E-state index contributed by atoms with van der Waals surface area (Å²) in [5, 5.41) is 8.79. The normalized spacial score (nSPS) is 12.1. The molecule has 1 atom stereocenters. The molecule has 0 spiro atoms. The molecule has 1 rings (SSSR count). The first-order valence-corrected chi connectivity index (χ1v) is 4.30. The van der Waals surface area contributed by atoms with Crippen LogP contribution in [0.15, 0.2) is 18.3 Å². The summed E-state index contributed by atoms with van der Waals surface area (Å²) in [6, 6.07) is 5.56. The summed E-state index contributed by atoms with van der Waals surface area (Å²) in [5.74, 6) is 0. The standard InChI is InChI=1S/C8H7ClN2S/c9-8-2-1-6(5-11-8)7(12)3-4-10/h1-2,5,7,12H,3H2. The summed E-state index contributed by atoms with van der Waals surface area (Å²) in [6.07, 6.45) is 2.02. The van der Waals surface area contributed by atoms with E-state index >= 15 is 0 Å². The lowest BCUT2D eigenvalue weighted by Gasteiger charge is -2.04. The molecule has 0 bridgehead atoms. The summed E-state index contributed by atoms with van der Waals surface area (Å²) in [7, 11) is 0. The number of halogens is 1. The van der Waals surface area contributed by atoms with E-state index in [0.29, 0.717) is 11.6 Å². The van der Waals surface area contributed by atoms with Crippen molar-refractivity contribution in [2.75, 3.05) is 0 Å². The van der Waals surface area contributed by atoms with Gasteiger partial charge in [0.1, 0.15) is 5.15 Å². The Morgan fingerprint density at radius 1 is 1.67 bits per heavy atom. The number of hydrogen-bond donors (Lipinski definition) is 1. The number of nitriles is 1. The topological polar surface area (TPSA) is 36.7 Å². The van der Waals surface area contributed by atoms with Gasteiger partial charge in [-0.3, -0.25) is 0 Å². The monoisotopic (exact) mass is 198 g/mol. The van der Waals surface area contributed by atoms with Gasteiger partial charge < -0.3 is 0 Å².